The summed E-state index contributed by atoms with van der Waals surface area (Å²) in [5, 5.41) is 3.38. The molecule has 0 fully saturated rings. The molecule has 0 bridgehead atoms. The number of hydrogen-bond donors (Lipinski definition) is 0. The van der Waals surface area contributed by atoms with E-state index in [0.717, 1.165) is 0 Å². The molecular weight excluding hydrogens is 268 g/mol. The molecule has 0 saturated carbocycles. The molecule has 68 valence electrons. The second kappa shape index (κ2) is 3.60. The van der Waals surface area contributed by atoms with Crippen molar-refractivity contribution in [2.75, 3.05) is 0 Å². The Morgan fingerprint density at radius 3 is 3.00 bits per heavy atom. The van der Waals surface area contributed by atoms with Crippen LogP contribution in [0.1, 0.15) is 11.1 Å². The van der Waals surface area contributed by atoms with Crippen LogP contribution in [0.5, 0.6) is 0 Å². The van der Waals surface area contributed by atoms with Crippen LogP contribution in [-0.4, -0.2) is 0 Å². The second-order valence-corrected chi connectivity index (χ2v) is 4.92. The average molecular weight is 276 g/mol. The molecule has 0 saturated heterocycles. The highest BCUT2D eigenvalue weighted by molar-refractivity contribution is 9.10. The summed E-state index contributed by atoms with van der Waals surface area (Å²) in [4.78, 5) is 0. The van der Waals surface area contributed by atoms with Gasteiger partial charge in [0.1, 0.15) is 0 Å². The molecule has 0 N–H and O–H groups in total. The van der Waals surface area contributed by atoms with Gasteiger partial charge in [-0.3, -0.25) is 0 Å². The van der Waals surface area contributed by atoms with Crippen LogP contribution < -0.4 is 0 Å². The van der Waals surface area contributed by atoms with Gasteiger partial charge in [-0.15, -0.1) is 22.9 Å². The maximum atomic E-state index is 5.85. The van der Waals surface area contributed by atoms with E-state index >= 15 is 0 Å². The van der Waals surface area contributed by atoms with Crippen molar-refractivity contribution in [1.82, 2.24) is 0 Å². The van der Waals surface area contributed by atoms with Crippen LogP contribution in [0, 0.1) is 6.92 Å². The molecule has 0 aliphatic rings. The Labute approximate surface area is 94.7 Å². The molecule has 2 rings (SSSR count). The summed E-state index contributed by atoms with van der Waals surface area (Å²) in [5.41, 5.74) is 2.46. The van der Waals surface area contributed by atoms with Gasteiger partial charge in [-0.05, 0) is 56.9 Å². The molecule has 0 atom stereocenters. The zero-order valence-electron chi connectivity index (χ0n) is 7.10. The normalized spacial score (nSPS) is 11.0. The minimum Gasteiger partial charge on any atom is -0.143 e. The molecule has 2 aromatic rings. The fourth-order valence-electron chi connectivity index (χ4n) is 1.36. The molecule has 1 aromatic carbocycles. The van der Waals surface area contributed by atoms with Crippen molar-refractivity contribution in [3.63, 3.8) is 0 Å². The summed E-state index contributed by atoms with van der Waals surface area (Å²) in [7, 11) is 0. The first-order valence-electron chi connectivity index (χ1n) is 3.95. The Morgan fingerprint density at radius 1 is 1.54 bits per heavy atom. The van der Waals surface area contributed by atoms with E-state index in [4.69, 9.17) is 11.6 Å². The van der Waals surface area contributed by atoms with Crippen LogP contribution in [-0.2, 0) is 5.88 Å². The first kappa shape index (κ1) is 9.50. The first-order valence-corrected chi connectivity index (χ1v) is 6.16. The fourth-order valence-corrected chi connectivity index (χ4v) is 3.27. The van der Waals surface area contributed by atoms with Crippen molar-refractivity contribution in [2.45, 2.75) is 12.8 Å². The highest BCUT2D eigenvalue weighted by atomic mass is 79.9. The minimum absolute atomic E-state index is 0.580. The number of rotatable bonds is 1. The summed E-state index contributed by atoms with van der Waals surface area (Å²) in [6, 6.07) is 4.29. The Bertz CT molecular complexity index is 447. The lowest BCUT2D eigenvalue weighted by atomic mass is 10.1. The van der Waals surface area contributed by atoms with Crippen LogP contribution in [0.4, 0.5) is 0 Å². The molecule has 0 amide bonds. The van der Waals surface area contributed by atoms with Crippen LogP contribution in [0.2, 0.25) is 0 Å². The van der Waals surface area contributed by atoms with E-state index in [2.05, 4.69) is 40.4 Å². The van der Waals surface area contributed by atoms with Crippen LogP contribution in [0.25, 0.3) is 10.1 Å². The predicted molar refractivity (Wildman–Crippen MR) is 63.8 cm³/mol. The number of alkyl halides is 1. The summed E-state index contributed by atoms with van der Waals surface area (Å²) >= 11 is 11.2. The average Bonchev–Trinajstić information content (AvgIpc) is 2.59. The topological polar surface area (TPSA) is 0 Å². The molecule has 0 aliphatic heterocycles. The molecule has 0 nitrogen and oxygen atoms in total. The van der Waals surface area contributed by atoms with Crippen molar-refractivity contribution in [1.29, 1.82) is 0 Å². The van der Waals surface area contributed by atoms with Gasteiger partial charge in [0.2, 0.25) is 0 Å². The summed E-state index contributed by atoms with van der Waals surface area (Å²) < 4.78 is 2.50. The van der Waals surface area contributed by atoms with Crippen LogP contribution >= 0.6 is 38.9 Å². The van der Waals surface area contributed by atoms with Gasteiger partial charge in [0.05, 0.1) is 0 Å². The van der Waals surface area contributed by atoms with Gasteiger partial charge in [0.25, 0.3) is 0 Å². The third kappa shape index (κ3) is 1.51. The van der Waals surface area contributed by atoms with Crippen molar-refractivity contribution in [2.24, 2.45) is 0 Å². The van der Waals surface area contributed by atoms with E-state index in [-0.39, 0.29) is 0 Å². The molecule has 0 aliphatic carbocycles. The van der Waals surface area contributed by atoms with Gasteiger partial charge >= 0.3 is 0 Å². The van der Waals surface area contributed by atoms with Crippen molar-refractivity contribution < 1.29 is 0 Å². The van der Waals surface area contributed by atoms with Crippen LogP contribution in [0.15, 0.2) is 22.0 Å². The van der Waals surface area contributed by atoms with Crippen molar-refractivity contribution in [3.8, 4) is 0 Å². The van der Waals surface area contributed by atoms with E-state index in [1.807, 2.05) is 0 Å². The molecule has 13 heavy (non-hydrogen) atoms. The summed E-state index contributed by atoms with van der Waals surface area (Å²) in [6.07, 6.45) is 0. The Morgan fingerprint density at radius 2 is 2.31 bits per heavy atom. The maximum Gasteiger partial charge on any atom is 0.0487 e. The third-order valence-electron chi connectivity index (χ3n) is 2.18. The SMILES string of the molecule is Cc1c(CCl)cc2ccsc2c1Br. The minimum atomic E-state index is 0.580. The zero-order valence-corrected chi connectivity index (χ0v) is 10.3. The fraction of sp³-hybridized carbons (Fsp3) is 0.200. The van der Waals surface area contributed by atoms with Crippen molar-refractivity contribution >= 4 is 49.0 Å². The molecule has 0 unspecified atom stereocenters. The molecule has 3 heteroatoms. The zero-order chi connectivity index (χ0) is 9.42. The van der Waals surface area contributed by atoms with Gasteiger partial charge in [0, 0.05) is 15.1 Å². The lowest BCUT2D eigenvalue weighted by molar-refractivity contribution is 1.31. The molecular formula is C10H8BrClS. The molecule has 0 spiro atoms. The summed E-state index contributed by atoms with van der Waals surface area (Å²) in [6.45, 7) is 2.10. The lowest BCUT2D eigenvalue weighted by Crippen LogP contribution is -1.85. The van der Waals surface area contributed by atoms with Crippen LogP contribution in [0.3, 0.4) is 0 Å². The van der Waals surface area contributed by atoms with Gasteiger partial charge in [-0.25, -0.2) is 0 Å². The number of benzene rings is 1. The van der Waals surface area contributed by atoms with E-state index in [0.29, 0.717) is 5.88 Å². The van der Waals surface area contributed by atoms with Gasteiger partial charge in [-0.2, -0.15) is 0 Å². The van der Waals surface area contributed by atoms with E-state index in [9.17, 15) is 0 Å². The Hall–Kier alpha value is -0.0500. The number of thiophene rings is 1. The van der Waals surface area contributed by atoms with E-state index in [1.54, 1.807) is 11.3 Å². The van der Waals surface area contributed by atoms with Gasteiger partial charge < -0.3 is 0 Å². The van der Waals surface area contributed by atoms with E-state index in [1.165, 1.54) is 25.7 Å². The standard InChI is InChI=1S/C10H8BrClS/c1-6-8(5-12)4-7-2-3-13-10(7)9(6)11/h2-4H,5H2,1H3. The Kier molecular flexibility index (Phi) is 2.63. The predicted octanol–water partition coefficient (Wildman–Crippen LogP) is 4.71. The highest BCUT2D eigenvalue weighted by Gasteiger charge is 2.07. The molecule has 0 radical (unpaired) electrons. The first-order chi connectivity index (χ1) is 6.24. The Balaban J connectivity index is 2.83. The molecule has 1 heterocycles. The number of hydrogen-bond acceptors (Lipinski definition) is 1. The van der Waals surface area contributed by atoms with Crippen molar-refractivity contribution in [3.05, 3.63) is 33.1 Å². The maximum absolute atomic E-state index is 5.85. The number of fused-ring (bicyclic) bond motifs is 1. The van der Waals surface area contributed by atoms with Gasteiger partial charge in [-0.1, -0.05) is 0 Å². The second-order valence-electron chi connectivity index (χ2n) is 2.95. The largest absolute Gasteiger partial charge is 0.143 e. The third-order valence-corrected chi connectivity index (χ3v) is 4.67. The lowest BCUT2D eigenvalue weighted by Gasteiger charge is -2.05. The molecule has 1 aromatic heterocycles. The van der Waals surface area contributed by atoms with Gasteiger partial charge in [0.15, 0.2) is 0 Å². The monoisotopic (exact) mass is 274 g/mol. The quantitative estimate of drug-likeness (QED) is 0.661. The van der Waals surface area contributed by atoms with E-state index < -0.39 is 0 Å². The summed E-state index contributed by atoms with van der Waals surface area (Å²) in [5.74, 6) is 0.580. The highest BCUT2D eigenvalue weighted by Crippen LogP contribution is 2.34. The number of halogens is 2. The smallest absolute Gasteiger partial charge is 0.0487 e.